The highest BCUT2D eigenvalue weighted by molar-refractivity contribution is 7.92. The number of urea groups is 1. The van der Waals surface area contributed by atoms with Gasteiger partial charge >= 0.3 is 6.03 Å². The first-order valence-corrected chi connectivity index (χ1v) is 14.8. The number of hydrogen-bond acceptors (Lipinski definition) is 5. The topological polar surface area (TPSA) is 110 Å². The van der Waals surface area contributed by atoms with Gasteiger partial charge in [-0.05, 0) is 61.6 Å². The Morgan fingerprint density at radius 2 is 1.84 bits per heavy atom. The third-order valence-corrected chi connectivity index (χ3v) is 6.89. The Bertz CT molecular complexity index is 1370. The van der Waals surface area contributed by atoms with Gasteiger partial charge in [0.25, 0.3) is 0 Å². The van der Waals surface area contributed by atoms with E-state index >= 15 is 0 Å². The lowest BCUT2D eigenvalue weighted by Crippen LogP contribution is -2.36. The summed E-state index contributed by atoms with van der Waals surface area (Å²) >= 11 is 0. The number of fused-ring (bicyclic) bond motifs is 1. The summed E-state index contributed by atoms with van der Waals surface area (Å²) in [4.78, 5) is 16.7. The van der Waals surface area contributed by atoms with Crippen molar-refractivity contribution in [2.75, 3.05) is 47.4 Å². The van der Waals surface area contributed by atoms with Crippen LogP contribution < -0.4 is 14.9 Å². The van der Waals surface area contributed by atoms with E-state index in [0.29, 0.717) is 11.4 Å². The van der Waals surface area contributed by atoms with Crippen LogP contribution in [-0.2, 0) is 10.0 Å². The standard InChI is InChI=1S/C27H36N6O3S/c1-4-13-33(14-5-2)27(34)28-21-10-8-9-20(17-21)11-12-23-22-18-25(31-37(3,35)36)26(19-24(22)30-29-23)32-15-6-7-16-32/h8-12,17-19,31H,4-7,13-16H2,1-3H3,(H,28,34)(H,29,30)/b12-11+. The van der Waals surface area contributed by atoms with Gasteiger partial charge in [-0.25, -0.2) is 13.2 Å². The molecule has 2 heterocycles. The fourth-order valence-electron chi connectivity index (χ4n) is 4.65. The third kappa shape index (κ3) is 6.82. The molecule has 2 amide bonds. The molecule has 0 bridgehead atoms. The number of aromatic nitrogens is 2. The maximum atomic E-state index is 12.7. The smallest absolute Gasteiger partial charge is 0.321 e. The van der Waals surface area contributed by atoms with E-state index < -0.39 is 10.0 Å². The largest absolute Gasteiger partial charge is 0.370 e. The van der Waals surface area contributed by atoms with Crippen LogP contribution in [0.5, 0.6) is 0 Å². The zero-order valence-electron chi connectivity index (χ0n) is 21.8. The molecule has 4 rings (SSSR count). The molecule has 37 heavy (non-hydrogen) atoms. The van der Waals surface area contributed by atoms with E-state index in [1.165, 1.54) is 0 Å². The lowest BCUT2D eigenvalue weighted by molar-refractivity contribution is 0.211. The number of H-pyrrole nitrogens is 1. The summed E-state index contributed by atoms with van der Waals surface area (Å²) < 4.78 is 26.8. The number of rotatable bonds is 10. The van der Waals surface area contributed by atoms with Gasteiger partial charge < -0.3 is 15.1 Å². The average molecular weight is 525 g/mol. The third-order valence-electron chi connectivity index (χ3n) is 6.30. The minimum Gasteiger partial charge on any atom is -0.370 e. The van der Waals surface area contributed by atoms with Gasteiger partial charge in [0.1, 0.15) is 0 Å². The van der Waals surface area contributed by atoms with Crippen LogP contribution in [0.15, 0.2) is 36.4 Å². The zero-order chi connectivity index (χ0) is 26.4. The monoisotopic (exact) mass is 524 g/mol. The Balaban J connectivity index is 1.58. The van der Waals surface area contributed by atoms with Gasteiger partial charge in [0, 0.05) is 37.3 Å². The van der Waals surface area contributed by atoms with Crippen molar-refractivity contribution in [1.82, 2.24) is 15.1 Å². The first kappa shape index (κ1) is 26.5. The summed E-state index contributed by atoms with van der Waals surface area (Å²) in [6.07, 6.45) is 8.98. The van der Waals surface area contributed by atoms with Crippen LogP contribution in [0.1, 0.15) is 50.8 Å². The summed E-state index contributed by atoms with van der Waals surface area (Å²) in [5.41, 5.74) is 4.60. The lowest BCUT2D eigenvalue weighted by atomic mass is 10.1. The van der Waals surface area contributed by atoms with E-state index in [0.717, 1.165) is 86.0 Å². The van der Waals surface area contributed by atoms with Crippen molar-refractivity contribution in [2.24, 2.45) is 0 Å². The second kappa shape index (κ2) is 11.7. The van der Waals surface area contributed by atoms with Gasteiger partial charge in [0.15, 0.2) is 0 Å². The van der Waals surface area contributed by atoms with Crippen LogP contribution >= 0.6 is 0 Å². The molecule has 198 valence electrons. The Kier molecular flexibility index (Phi) is 8.38. The number of anilines is 3. The quantitative estimate of drug-likeness (QED) is 0.331. The molecule has 1 aliphatic heterocycles. The Labute approximate surface area is 219 Å². The van der Waals surface area contributed by atoms with Crippen LogP contribution in [0, 0.1) is 0 Å². The molecular weight excluding hydrogens is 488 g/mol. The van der Waals surface area contributed by atoms with Crippen molar-refractivity contribution in [1.29, 1.82) is 0 Å². The summed E-state index contributed by atoms with van der Waals surface area (Å²) in [6, 6.07) is 11.4. The Morgan fingerprint density at radius 3 is 2.51 bits per heavy atom. The molecule has 10 heteroatoms. The maximum absolute atomic E-state index is 12.7. The van der Waals surface area contributed by atoms with Crippen LogP contribution in [-0.4, -0.2) is 62.0 Å². The number of nitrogens with one attached hydrogen (secondary N) is 3. The molecule has 1 aromatic heterocycles. The first-order valence-electron chi connectivity index (χ1n) is 12.9. The highest BCUT2D eigenvalue weighted by atomic mass is 32.2. The van der Waals surface area contributed by atoms with Gasteiger partial charge in [0.2, 0.25) is 10.0 Å². The van der Waals surface area contributed by atoms with E-state index in [-0.39, 0.29) is 6.03 Å². The predicted octanol–water partition coefficient (Wildman–Crippen LogP) is 5.36. The number of carbonyl (C=O) groups excluding carboxylic acids is 1. The van der Waals surface area contributed by atoms with Crippen LogP contribution in [0.3, 0.4) is 0 Å². The van der Waals surface area contributed by atoms with Gasteiger partial charge in [0.05, 0.1) is 28.8 Å². The zero-order valence-corrected chi connectivity index (χ0v) is 22.6. The van der Waals surface area contributed by atoms with Crippen molar-refractivity contribution in [3.05, 3.63) is 47.7 Å². The van der Waals surface area contributed by atoms with Crippen molar-refractivity contribution < 1.29 is 13.2 Å². The van der Waals surface area contributed by atoms with Crippen LogP contribution in [0.4, 0.5) is 21.9 Å². The Morgan fingerprint density at radius 1 is 1.11 bits per heavy atom. The van der Waals surface area contributed by atoms with Crippen molar-refractivity contribution in [3.63, 3.8) is 0 Å². The molecule has 0 unspecified atom stereocenters. The first-order chi connectivity index (χ1) is 17.8. The molecule has 0 saturated carbocycles. The number of nitrogens with zero attached hydrogens (tertiary/aromatic N) is 3. The van der Waals surface area contributed by atoms with Crippen LogP contribution in [0.25, 0.3) is 23.1 Å². The number of aromatic amines is 1. The molecule has 1 saturated heterocycles. The van der Waals surface area contributed by atoms with Crippen LogP contribution in [0.2, 0.25) is 0 Å². The molecule has 0 atom stereocenters. The molecule has 1 fully saturated rings. The van der Waals surface area contributed by atoms with E-state index in [1.807, 2.05) is 53.5 Å². The molecule has 0 radical (unpaired) electrons. The van der Waals surface area contributed by atoms with Gasteiger partial charge in [-0.2, -0.15) is 5.10 Å². The lowest BCUT2D eigenvalue weighted by Gasteiger charge is -2.22. The van der Waals surface area contributed by atoms with Gasteiger partial charge in [-0.1, -0.05) is 32.1 Å². The van der Waals surface area contributed by atoms with Crippen molar-refractivity contribution in [2.45, 2.75) is 39.5 Å². The fourth-order valence-corrected chi connectivity index (χ4v) is 5.22. The second-order valence-electron chi connectivity index (χ2n) is 9.47. The summed E-state index contributed by atoms with van der Waals surface area (Å²) in [7, 11) is -3.44. The second-order valence-corrected chi connectivity index (χ2v) is 11.2. The van der Waals surface area contributed by atoms with E-state index in [2.05, 4.69) is 39.0 Å². The highest BCUT2D eigenvalue weighted by Crippen LogP contribution is 2.35. The summed E-state index contributed by atoms with van der Waals surface area (Å²) in [5, 5.41) is 11.4. The van der Waals surface area contributed by atoms with E-state index in [1.54, 1.807) is 0 Å². The molecular formula is C27H36N6O3S. The summed E-state index contributed by atoms with van der Waals surface area (Å²) in [5.74, 6) is 0. The summed E-state index contributed by atoms with van der Waals surface area (Å²) in [6.45, 7) is 7.36. The van der Waals surface area contributed by atoms with Crippen molar-refractivity contribution in [3.8, 4) is 0 Å². The van der Waals surface area contributed by atoms with E-state index in [9.17, 15) is 13.2 Å². The number of benzene rings is 2. The molecule has 0 aliphatic carbocycles. The maximum Gasteiger partial charge on any atom is 0.321 e. The highest BCUT2D eigenvalue weighted by Gasteiger charge is 2.20. The molecule has 0 spiro atoms. The molecule has 2 aromatic carbocycles. The van der Waals surface area contributed by atoms with Gasteiger partial charge in [-0.15, -0.1) is 0 Å². The predicted molar refractivity (Wildman–Crippen MR) is 153 cm³/mol. The van der Waals surface area contributed by atoms with Crippen molar-refractivity contribution >= 4 is 56.2 Å². The number of carbonyl (C=O) groups is 1. The normalized spacial score (nSPS) is 14.0. The molecule has 9 nitrogen and oxygen atoms in total. The molecule has 1 aliphatic rings. The molecule has 3 aromatic rings. The Hall–Kier alpha value is -3.53. The minimum absolute atomic E-state index is 0.0946. The number of sulfonamides is 1. The molecule has 3 N–H and O–H groups in total. The van der Waals surface area contributed by atoms with Gasteiger partial charge in [-0.3, -0.25) is 9.82 Å². The number of amides is 2. The number of hydrogen-bond donors (Lipinski definition) is 3. The SMILES string of the molecule is CCCN(CCC)C(=O)Nc1cccc(/C=C/c2n[nH]c3cc(N4CCCC4)c(NS(C)(=O)=O)cc23)c1. The fraction of sp³-hybridized carbons (Fsp3) is 0.407. The minimum atomic E-state index is -3.44. The van der Waals surface area contributed by atoms with E-state index in [4.69, 9.17) is 0 Å². The average Bonchev–Trinajstić information content (AvgIpc) is 3.51.